The number of para-hydroxylation sites is 2. The first kappa shape index (κ1) is 13.4. The number of hydrogen-bond acceptors (Lipinski definition) is 3. The van der Waals surface area contributed by atoms with E-state index < -0.39 is 0 Å². The third-order valence-corrected chi connectivity index (χ3v) is 3.48. The molecule has 4 heteroatoms. The van der Waals surface area contributed by atoms with Gasteiger partial charge in [0.2, 0.25) is 0 Å². The van der Waals surface area contributed by atoms with E-state index in [2.05, 4.69) is 4.98 Å². The van der Waals surface area contributed by atoms with Crippen LogP contribution in [0.25, 0.3) is 22.4 Å². The molecule has 0 spiro atoms. The second-order valence-electron chi connectivity index (χ2n) is 4.95. The number of methoxy groups -OCH3 is 1. The summed E-state index contributed by atoms with van der Waals surface area (Å²) >= 11 is 0. The van der Waals surface area contributed by atoms with Gasteiger partial charge in [0, 0.05) is 5.56 Å². The molecule has 0 unspecified atom stereocenters. The van der Waals surface area contributed by atoms with E-state index in [4.69, 9.17) is 4.74 Å². The zero-order valence-electron chi connectivity index (χ0n) is 12.0. The summed E-state index contributed by atoms with van der Waals surface area (Å²) in [6.07, 6.45) is 0. The predicted octanol–water partition coefficient (Wildman–Crippen LogP) is 3.18. The third-order valence-electron chi connectivity index (χ3n) is 3.48. The Kier molecular flexibility index (Phi) is 3.44. The summed E-state index contributed by atoms with van der Waals surface area (Å²) in [4.78, 5) is 16.3. The zero-order valence-corrected chi connectivity index (χ0v) is 12.0. The Hall–Kier alpha value is -2.62. The van der Waals surface area contributed by atoms with Crippen LogP contribution in [0.3, 0.4) is 0 Å². The summed E-state index contributed by atoms with van der Waals surface area (Å²) in [6, 6.07) is 15.9. The Morgan fingerprint density at radius 1 is 1.14 bits per heavy atom. The summed E-state index contributed by atoms with van der Waals surface area (Å²) in [7, 11) is 1.40. The van der Waals surface area contributed by atoms with Gasteiger partial charge in [-0.15, -0.1) is 0 Å². The Bertz CT molecular complexity index is 788. The molecule has 0 atom stereocenters. The Labute approximate surface area is 123 Å². The van der Waals surface area contributed by atoms with Crippen molar-refractivity contribution in [2.45, 2.75) is 13.5 Å². The highest BCUT2D eigenvalue weighted by molar-refractivity contribution is 5.83. The number of benzene rings is 2. The van der Waals surface area contributed by atoms with Gasteiger partial charge in [0.1, 0.15) is 12.4 Å². The number of rotatable bonds is 3. The van der Waals surface area contributed by atoms with Crippen LogP contribution in [-0.4, -0.2) is 22.6 Å². The molecule has 0 aliphatic carbocycles. The van der Waals surface area contributed by atoms with Gasteiger partial charge >= 0.3 is 5.97 Å². The summed E-state index contributed by atoms with van der Waals surface area (Å²) in [6.45, 7) is 2.20. The van der Waals surface area contributed by atoms with Gasteiger partial charge in [-0.25, -0.2) is 4.98 Å². The lowest BCUT2D eigenvalue weighted by molar-refractivity contribution is -0.141. The molecule has 0 N–H and O–H groups in total. The summed E-state index contributed by atoms with van der Waals surface area (Å²) in [5, 5.41) is 0. The normalized spacial score (nSPS) is 10.8. The van der Waals surface area contributed by atoms with Crippen LogP contribution in [0.5, 0.6) is 0 Å². The van der Waals surface area contributed by atoms with Crippen molar-refractivity contribution in [2.75, 3.05) is 7.11 Å². The average Bonchev–Trinajstić information content (AvgIpc) is 2.87. The lowest BCUT2D eigenvalue weighted by Crippen LogP contribution is -2.12. The van der Waals surface area contributed by atoms with E-state index in [0.717, 1.165) is 22.4 Å². The van der Waals surface area contributed by atoms with Gasteiger partial charge in [0.15, 0.2) is 0 Å². The highest BCUT2D eigenvalue weighted by atomic mass is 16.5. The molecule has 2 aromatic carbocycles. The monoisotopic (exact) mass is 280 g/mol. The van der Waals surface area contributed by atoms with E-state index in [1.807, 2.05) is 60.0 Å². The molecular weight excluding hydrogens is 264 g/mol. The molecule has 0 saturated heterocycles. The fraction of sp³-hybridized carbons (Fsp3) is 0.176. The standard InChI is InChI=1S/C17H16N2O2/c1-12-7-9-13(10-8-12)17-18-14-5-3-4-6-15(14)19(17)11-16(20)21-2/h3-10H,11H2,1-2H3. The number of carbonyl (C=O) groups is 1. The van der Waals surface area contributed by atoms with E-state index in [1.54, 1.807) is 0 Å². The molecule has 0 aliphatic heterocycles. The van der Waals surface area contributed by atoms with Crippen LogP contribution in [0.15, 0.2) is 48.5 Å². The van der Waals surface area contributed by atoms with Gasteiger partial charge in [0.05, 0.1) is 18.1 Å². The number of hydrogen-bond donors (Lipinski definition) is 0. The number of nitrogens with zero attached hydrogens (tertiary/aromatic N) is 2. The number of esters is 1. The molecule has 0 saturated carbocycles. The minimum Gasteiger partial charge on any atom is -0.468 e. The number of carbonyl (C=O) groups excluding carboxylic acids is 1. The third kappa shape index (κ3) is 2.52. The molecular formula is C17H16N2O2. The van der Waals surface area contributed by atoms with Crippen molar-refractivity contribution in [2.24, 2.45) is 0 Å². The van der Waals surface area contributed by atoms with Crippen molar-refractivity contribution in [1.82, 2.24) is 9.55 Å². The maximum Gasteiger partial charge on any atom is 0.325 e. The second kappa shape index (κ2) is 5.40. The van der Waals surface area contributed by atoms with E-state index in [9.17, 15) is 4.79 Å². The number of imidazole rings is 1. The van der Waals surface area contributed by atoms with Gasteiger partial charge in [-0.3, -0.25) is 4.79 Å². The van der Waals surface area contributed by atoms with E-state index in [1.165, 1.54) is 12.7 Å². The van der Waals surface area contributed by atoms with Crippen LogP contribution >= 0.6 is 0 Å². The molecule has 3 aromatic rings. The Morgan fingerprint density at radius 3 is 2.57 bits per heavy atom. The maximum atomic E-state index is 11.7. The molecule has 21 heavy (non-hydrogen) atoms. The molecule has 0 aliphatic rings. The molecule has 0 amide bonds. The SMILES string of the molecule is COC(=O)Cn1c(-c2ccc(C)cc2)nc2ccccc21. The minimum absolute atomic E-state index is 0.153. The van der Waals surface area contributed by atoms with Gasteiger partial charge in [0.25, 0.3) is 0 Å². The van der Waals surface area contributed by atoms with E-state index in [-0.39, 0.29) is 12.5 Å². The molecule has 3 rings (SSSR count). The summed E-state index contributed by atoms with van der Waals surface area (Å²) in [5.41, 5.74) is 3.98. The van der Waals surface area contributed by atoms with Crippen molar-refractivity contribution >= 4 is 17.0 Å². The van der Waals surface area contributed by atoms with Crippen LogP contribution in [0.4, 0.5) is 0 Å². The van der Waals surface area contributed by atoms with Gasteiger partial charge in [-0.1, -0.05) is 42.0 Å². The first-order valence-corrected chi connectivity index (χ1v) is 6.78. The fourth-order valence-corrected chi connectivity index (χ4v) is 2.35. The van der Waals surface area contributed by atoms with E-state index >= 15 is 0 Å². The second-order valence-corrected chi connectivity index (χ2v) is 4.95. The molecule has 1 heterocycles. The molecule has 106 valence electrons. The first-order chi connectivity index (χ1) is 10.2. The molecule has 0 fully saturated rings. The summed E-state index contributed by atoms with van der Waals surface area (Å²) < 4.78 is 6.69. The van der Waals surface area contributed by atoms with Crippen molar-refractivity contribution in [3.05, 3.63) is 54.1 Å². The van der Waals surface area contributed by atoms with Crippen LogP contribution in [0.1, 0.15) is 5.56 Å². The lowest BCUT2D eigenvalue weighted by atomic mass is 10.1. The maximum absolute atomic E-state index is 11.7. The molecule has 1 aromatic heterocycles. The smallest absolute Gasteiger partial charge is 0.325 e. The van der Waals surface area contributed by atoms with Crippen LogP contribution in [0.2, 0.25) is 0 Å². The molecule has 4 nitrogen and oxygen atoms in total. The fourth-order valence-electron chi connectivity index (χ4n) is 2.35. The Morgan fingerprint density at radius 2 is 1.86 bits per heavy atom. The average molecular weight is 280 g/mol. The van der Waals surface area contributed by atoms with Crippen molar-refractivity contribution < 1.29 is 9.53 Å². The van der Waals surface area contributed by atoms with E-state index in [0.29, 0.717) is 0 Å². The van der Waals surface area contributed by atoms with Gasteiger partial charge < -0.3 is 9.30 Å². The quantitative estimate of drug-likeness (QED) is 0.692. The van der Waals surface area contributed by atoms with Crippen LogP contribution in [0, 0.1) is 6.92 Å². The zero-order chi connectivity index (χ0) is 14.8. The number of fused-ring (bicyclic) bond motifs is 1. The van der Waals surface area contributed by atoms with Gasteiger partial charge in [-0.05, 0) is 19.1 Å². The molecule has 0 bridgehead atoms. The molecule has 0 radical (unpaired) electrons. The number of aromatic nitrogens is 2. The van der Waals surface area contributed by atoms with Crippen LogP contribution in [-0.2, 0) is 16.1 Å². The van der Waals surface area contributed by atoms with Crippen molar-refractivity contribution in [1.29, 1.82) is 0 Å². The number of aryl methyl sites for hydroxylation is 1. The largest absolute Gasteiger partial charge is 0.468 e. The highest BCUT2D eigenvalue weighted by Crippen LogP contribution is 2.25. The Balaban J connectivity index is 2.18. The lowest BCUT2D eigenvalue weighted by Gasteiger charge is -2.08. The predicted molar refractivity (Wildman–Crippen MR) is 81.9 cm³/mol. The first-order valence-electron chi connectivity index (χ1n) is 6.78. The van der Waals surface area contributed by atoms with Crippen LogP contribution < -0.4 is 0 Å². The minimum atomic E-state index is -0.286. The van der Waals surface area contributed by atoms with Gasteiger partial charge in [-0.2, -0.15) is 0 Å². The van der Waals surface area contributed by atoms with Crippen molar-refractivity contribution in [3.63, 3.8) is 0 Å². The number of ether oxygens (including phenoxy) is 1. The van der Waals surface area contributed by atoms with Crippen molar-refractivity contribution in [3.8, 4) is 11.4 Å². The summed E-state index contributed by atoms with van der Waals surface area (Å²) in [5.74, 6) is 0.494. The highest BCUT2D eigenvalue weighted by Gasteiger charge is 2.15. The topological polar surface area (TPSA) is 44.1 Å².